The minimum atomic E-state index is -0.882. The summed E-state index contributed by atoms with van der Waals surface area (Å²) < 4.78 is 5.58. The van der Waals surface area contributed by atoms with Crippen LogP contribution in [-0.2, 0) is 16.0 Å². The normalized spacial score (nSPS) is 15.6. The lowest BCUT2D eigenvalue weighted by molar-refractivity contribution is -0.125. The Morgan fingerprint density at radius 2 is 1.93 bits per heavy atom. The summed E-state index contributed by atoms with van der Waals surface area (Å²) in [4.78, 5) is 45.3. The van der Waals surface area contributed by atoms with Crippen LogP contribution in [0.4, 0.5) is 5.69 Å². The van der Waals surface area contributed by atoms with Crippen LogP contribution in [0.1, 0.15) is 18.7 Å². The minimum Gasteiger partial charge on any atom is -0.477 e. The number of fused-ring (bicyclic) bond motifs is 2. The number of amides is 2. The zero-order valence-electron chi connectivity index (χ0n) is 15.6. The molecule has 0 aliphatic carbocycles. The number of nitrogens with zero attached hydrogens (tertiary/aromatic N) is 2. The third kappa shape index (κ3) is 3.82. The van der Waals surface area contributed by atoms with Gasteiger partial charge in [0.25, 0.3) is 11.5 Å². The van der Waals surface area contributed by atoms with E-state index in [0.29, 0.717) is 41.0 Å². The molecule has 0 radical (unpaired) electrons. The molecule has 0 bridgehead atoms. The number of nitrogens with two attached hydrogens (primary N) is 1. The maximum absolute atomic E-state index is 12.8. The average molecular weight is 392 g/mol. The fourth-order valence-electron chi connectivity index (χ4n) is 3.41. The summed E-state index contributed by atoms with van der Waals surface area (Å²) in [6, 6.07) is 14.2. The summed E-state index contributed by atoms with van der Waals surface area (Å²) in [7, 11) is 0. The summed E-state index contributed by atoms with van der Waals surface area (Å²) in [6.07, 6.45) is 0.307. The second-order valence-electron chi connectivity index (χ2n) is 6.86. The van der Waals surface area contributed by atoms with Crippen LogP contribution in [-0.4, -0.2) is 34.4 Å². The number of hydrogen-bond acceptors (Lipinski definition) is 5. The number of carbonyl (C=O) groups is 2. The zero-order chi connectivity index (χ0) is 20.4. The highest BCUT2D eigenvalue weighted by molar-refractivity contribution is 5.97. The van der Waals surface area contributed by atoms with Crippen LogP contribution in [0.5, 0.6) is 5.75 Å². The van der Waals surface area contributed by atoms with E-state index in [9.17, 15) is 14.4 Å². The Morgan fingerprint density at radius 3 is 2.76 bits per heavy atom. The molecule has 2 amide bonds. The van der Waals surface area contributed by atoms with Crippen molar-refractivity contribution in [1.82, 2.24) is 9.97 Å². The van der Waals surface area contributed by atoms with Gasteiger partial charge in [-0.1, -0.05) is 24.3 Å². The van der Waals surface area contributed by atoms with Crippen molar-refractivity contribution in [2.75, 3.05) is 11.4 Å². The van der Waals surface area contributed by atoms with Gasteiger partial charge in [-0.25, -0.2) is 4.98 Å². The molecule has 8 nitrogen and oxygen atoms in total. The van der Waals surface area contributed by atoms with Gasteiger partial charge >= 0.3 is 0 Å². The second kappa shape index (κ2) is 7.75. The number of H-pyrrole nitrogens is 1. The maximum Gasteiger partial charge on any atom is 0.260 e. The van der Waals surface area contributed by atoms with E-state index in [-0.39, 0.29) is 24.4 Å². The third-order valence-corrected chi connectivity index (χ3v) is 4.86. The molecule has 3 N–H and O–H groups in total. The number of nitrogens with one attached hydrogen (secondary N) is 1. The number of aryl methyl sites for hydroxylation is 1. The van der Waals surface area contributed by atoms with E-state index in [1.54, 1.807) is 42.5 Å². The maximum atomic E-state index is 12.8. The quantitative estimate of drug-likeness (QED) is 0.683. The Labute approximate surface area is 166 Å². The van der Waals surface area contributed by atoms with E-state index < -0.39 is 12.0 Å². The Morgan fingerprint density at radius 1 is 1.17 bits per heavy atom. The highest BCUT2D eigenvalue weighted by atomic mass is 16.5. The molecule has 0 spiro atoms. The highest BCUT2D eigenvalue weighted by Gasteiger charge is 2.32. The van der Waals surface area contributed by atoms with Gasteiger partial charge in [-0.2, -0.15) is 0 Å². The van der Waals surface area contributed by atoms with Crippen molar-refractivity contribution < 1.29 is 14.3 Å². The molecular formula is C21H20N4O4. The first-order valence-corrected chi connectivity index (χ1v) is 9.36. The first-order chi connectivity index (χ1) is 14.0. The molecule has 29 heavy (non-hydrogen) atoms. The molecule has 1 aliphatic heterocycles. The van der Waals surface area contributed by atoms with Crippen molar-refractivity contribution in [3.05, 3.63) is 64.7 Å². The summed E-state index contributed by atoms with van der Waals surface area (Å²) in [5.74, 6) is 0.237. The Hall–Kier alpha value is -3.68. The monoisotopic (exact) mass is 392 g/mol. The minimum absolute atomic E-state index is 0.0796. The van der Waals surface area contributed by atoms with Crippen LogP contribution >= 0.6 is 0 Å². The molecule has 0 unspecified atom stereocenters. The molecule has 1 aliphatic rings. The summed E-state index contributed by atoms with van der Waals surface area (Å²) in [5, 5.41) is 0.537. The van der Waals surface area contributed by atoms with Crippen LogP contribution in [0.3, 0.4) is 0 Å². The summed E-state index contributed by atoms with van der Waals surface area (Å²) >= 11 is 0. The number of rotatable bonds is 5. The number of carbonyl (C=O) groups excluding carboxylic acids is 2. The fourth-order valence-corrected chi connectivity index (χ4v) is 3.41. The van der Waals surface area contributed by atoms with E-state index in [2.05, 4.69) is 9.97 Å². The van der Waals surface area contributed by atoms with Gasteiger partial charge in [0.1, 0.15) is 11.6 Å². The van der Waals surface area contributed by atoms with Gasteiger partial charge in [0, 0.05) is 12.8 Å². The standard InChI is InChI=1S/C21H20N4O4/c22-20(27)17-12-25(15-8-3-4-9-16(15)29-17)19(26)11-5-10-18-23-14-7-2-1-6-13(14)21(28)24-18/h1-4,6-9,17H,5,10-12H2,(H2,22,27)(H,23,24,28)/t17-/m0/s1. The van der Waals surface area contributed by atoms with Crippen LogP contribution in [0.25, 0.3) is 10.9 Å². The van der Waals surface area contributed by atoms with E-state index in [1.165, 1.54) is 4.90 Å². The predicted octanol–water partition coefficient (Wildman–Crippen LogP) is 1.53. The molecular weight excluding hydrogens is 372 g/mol. The number of aromatic amines is 1. The van der Waals surface area contributed by atoms with Crippen molar-refractivity contribution in [1.29, 1.82) is 0 Å². The lowest BCUT2D eigenvalue weighted by Gasteiger charge is -2.33. The number of anilines is 1. The molecule has 0 saturated heterocycles. The van der Waals surface area contributed by atoms with Crippen molar-refractivity contribution in [3.8, 4) is 5.75 Å². The molecule has 4 rings (SSSR count). The fraction of sp³-hybridized carbons (Fsp3) is 0.238. The number of aromatic nitrogens is 2. The Kier molecular flexibility index (Phi) is 4.99. The van der Waals surface area contributed by atoms with Gasteiger partial charge in [0.15, 0.2) is 6.10 Å². The van der Waals surface area contributed by atoms with E-state index in [1.807, 2.05) is 6.07 Å². The van der Waals surface area contributed by atoms with Crippen LogP contribution < -0.4 is 20.9 Å². The number of ether oxygens (including phenoxy) is 1. The first-order valence-electron chi connectivity index (χ1n) is 9.36. The van der Waals surface area contributed by atoms with Crippen molar-refractivity contribution >= 4 is 28.4 Å². The van der Waals surface area contributed by atoms with Crippen molar-refractivity contribution in [3.63, 3.8) is 0 Å². The van der Waals surface area contributed by atoms with Crippen LogP contribution in [0.2, 0.25) is 0 Å². The van der Waals surface area contributed by atoms with E-state index in [4.69, 9.17) is 10.5 Å². The zero-order valence-corrected chi connectivity index (χ0v) is 15.6. The average Bonchev–Trinajstić information content (AvgIpc) is 2.73. The highest BCUT2D eigenvalue weighted by Crippen LogP contribution is 2.33. The molecule has 2 heterocycles. The van der Waals surface area contributed by atoms with E-state index >= 15 is 0 Å². The van der Waals surface area contributed by atoms with Gasteiger partial charge in [-0.05, 0) is 30.7 Å². The van der Waals surface area contributed by atoms with Crippen molar-refractivity contribution in [2.45, 2.75) is 25.4 Å². The van der Waals surface area contributed by atoms with Gasteiger partial charge in [-0.3, -0.25) is 14.4 Å². The van der Waals surface area contributed by atoms with Gasteiger partial charge in [0.05, 0.1) is 23.1 Å². The molecule has 0 saturated carbocycles. The largest absolute Gasteiger partial charge is 0.477 e. The van der Waals surface area contributed by atoms with Crippen molar-refractivity contribution in [2.24, 2.45) is 5.73 Å². The van der Waals surface area contributed by atoms with Gasteiger partial charge < -0.3 is 20.4 Å². The number of para-hydroxylation sites is 3. The van der Waals surface area contributed by atoms with Gasteiger partial charge in [-0.15, -0.1) is 0 Å². The number of hydrogen-bond donors (Lipinski definition) is 2. The van der Waals surface area contributed by atoms with Crippen LogP contribution in [0, 0.1) is 0 Å². The molecule has 3 aromatic rings. The summed E-state index contributed by atoms with van der Waals surface area (Å²) in [6.45, 7) is 0.0796. The molecule has 1 aromatic heterocycles. The molecule has 0 fully saturated rings. The number of primary amides is 1. The second-order valence-corrected chi connectivity index (χ2v) is 6.86. The Balaban J connectivity index is 1.46. The number of benzene rings is 2. The molecule has 148 valence electrons. The lowest BCUT2D eigenvalue weighted by Crippen LogP contribution is -2.49. The SMILES string of the molecule is NC(=O)[C@@H]1CN(C(=O)CCCc2nc3ccccc3c(=O)[nH]2)c2ccccc2O1. The third-order valence-electron chi connectivity index (χ3n) is 4.86. The van der Waals surface area contributed by atoms with Crippen LogP contribution in [0.15, 0.2) is 53.3 Å². The predicted molar refractivity (Wildman–Crippen MR) is 108 cm³/mol. The summed E-state index contributed by atoms with van der Waals surface area (Å²) in [5.41, 5.74) is 6.43. The van der Waals surface area contributed by atoms with E-state index in [0.717, 1.165) is 0 Å². The molecule has 1 atom stereocenters. The molecule has 2 aromatic carbocycles. The first kappa shape index (κ1) is 18.7. The molecule has 8 heteroatoms. The smallest absolute Gasteiger partial charge is 0.260 e. The topological polar surface area (TPSA) is 118 Å². The Bertz CT molecular complexity index is 1140. The lowest BCUT2D eigenvalue weighted by atomic mass is 10.1. The van der Waals surface area contributed by atoms with Gasteiger partial charge in [0.2, 0.25) is 5.91 Å².